The molecule has 1 aliphatic heterocycles. The number of ether oxygens (including phenoxy) is 1. The Balaban J connectivity index is 1.65. The van der Waals surface area contributed by atoms with Gasteiger partial charge in [-0.05, 0) is 44.7 Å². The molecule has 1 aromatic carbocycles. The predicted molar refractivity (Wildman–Crippen MR) is 122 cm³/mol. The number of thiazole rings is 1. The van der Waals surface area contributed by atoms with Gasteiger partial charge in [0.2, 0.25) is 11.3 Å². The summed E-state index contributed by atoms with van der Waals surface area (Å²) < 4.78 is 11.7. The van der Waals surface area contributed by atoms with E-state index in [1.807, 2.05) is 19.2 Å². The van der Waals surface area contributed by atoms with Gasteiger partial charge in [0.25, 0.3) is 5.91 Å². The smallest absolute Gasteiger partial charge is 0.264 e. The number of primary amides is 1. The van der Waals surface area contributed by atoms with E-state index in [9.17, 15) is 14.4 Å². The molecule has 3 aromatic rings. The van der Waals surface area contributed by atoms with Gasteiger partial charge < -0.3 is 19.8 Å². The van der Waals surface area contributed by atoms with E-state index in [0.29, 0.717) is 46.7 Å². The van der Waals surface area contributed by atoms with Crippen LogP contribution in [0.2, 0.25) is 0 Å². The fourth-order valence-electron chi connectivity index (χ4n) is 4.01. The summed E-state index contributed by atoms with van der Waals surface area (Å²) in [6.45, 7) is 5.94. The molecule has 0 radical (unpaired) electrons. The maximum atomic E-state index is 13.1. The number of hydrogen-bond donors (Lipinski definition) is 1. The molecule has 0 spiro atoms. The van der Waals surface area contributed by atoms with Crippen LogP contribution in [0.25, 0.3) is 21.5 Å². The quantitative estimate of drug-likeness (QED) is 0.611. The average Bonchev–Trinajstić information content (AvgIpc) is 3.42. The van der Waals surface area contributed by atoms with Crippen LogP contribution in [-0.2, 0) is 16.0 Å². The van der Waals surface area contributed by atoms with Crippen molar-refractivity contribution in [2.45, 2.75) is 52.2 Å². The number of hydrogen-bond acceptors (Lipinski definition) is 7. The van der Waals surface area contributed by atoms with Crippen molar-refractivity contribution < 1.29 is 18.7 Å². The van der Waals surface area contributed by atoms with E-state index in [2.05, 4.69) is 4.98 Å². The Morgan fingerprint density at radius 1 is 1.41 bits per heavy atom. The van der Waals surface area contributed by atoms with Gasteiger partial charge in [-0.15, -0.1) is 11.3 Å². The molecule has 1 saturated heterocycles. The SMILES string of the molecule is CCc1cc2c(=O)c(-c3nc(C)cs3)coc2cc1O[C@H](C)C(=O)N1CCC[C@@H]1C(N)=O. The Bertz CT molecular complexity index is 1250. The number of nitrogens with two attached hydrogens (primary N) is 1. The van der Waals surface area contributed by atoms with Crippen LogP contribution in [0.4, 0.5) is 0 Å². The van der Waals surface area contributed by atoms with Crippen molar-refractivity contribution in [3.05, 3.63) is 45.3 Å². The number of carbonyl (C=O) groups is 2. The molecule has 2 aromatic heterocycles. The lowest BCUT2D eigenvalue weighted by atomic mass is 10.1. The molecule has 0 saturated carbocycles. The molecule has 0 unspecified atom stereocenters. The highest BCUT2D eigenvalue weighted by Crippen LogP contribution is 2.29. The fourth-order valence-corrected chi connectivity index (χ4v) is 4.81. The molecule has 2 amide bonds. The Morgan fingerprint density at radius 3 is 2.84 bits per heavy atom. The minimum absolute atomic E-state index is 0.160. The molecule has 0 aliphatic carbocycles. The molecular weight excluding hydrogens is 430 g/mol. The van der Waals surface area contributed by atoms with Gasteiger partial charge >= 0.3 is 0 Å². The van der Waals surface area contributed by atoms with Crippen LogP contribution in [0, 0.1) is 6.92 Å². The first kappa shape index (κ1) is 22.0. The summed E-state index contributed by atoms with van der Waals surface area (Å²) in [7, 11) is 0. The first-order valence-electron chi connectivity index (χ1n) is 10.6. The molecule has 1 aliphatic rings. The molecule has 1 fully saturated rings. The Hall–Kier alpha value is -3.20. The number of aryl methyl sites for hydroxylation is 2. The summed E-state index contributed by atoms with van der Waals surface area (Å²) in [5.41, 5.74) is 7.69. The third kappa shape index (κ3) is 4.00. The number of aromatic nitrogens is 1. The van der Waals surface area contributed by atoms with E-state index in [4.69, 9.17) is 14.9 Å². The molecule has 9 heteroatoms. The summed E-state index contributed by atoms with van der Waals surface area (Å²) in [6.07, 6.45) is 2.49. The molecular formula is C23H25N3O5S. The summed E-state index contributed by atoms with van der Waals surface area (Å²) in [5, 5.41) is 2.94. The van der Waals surface area contributed by atoms with Gasteiger partial charge in [0.15, 0.2) is 6.10 Å². The first-order chi connectivity index (χ1) is 15.3. The Labute approximate surface area is 189 Å². The van der Waals surface area contributed by atoms with E-state index in [1.165, 1.54) is 22.5 Å². The lowest BCUT2D eigenvalue weighted by molar-refractivity contribution is -0.142. The van der Waals surface area contributed by atoms with Gasteiger partial charge in [0.05, 0.1) is 10.9 Å². The summed E-state index contributed by atoms with van der Waals surface area (Å²) >= 11 is 1.39. The minimum Gasteiger partial charge on any atom is -0.480 e. The largest absolute Gasteiger partial charge is 0.480 e. The molecule has 2 atom stereocenters. The number of nitrogens with zero attached hydrogens (tertiary/aromatic N) is 2. The predicted octanol–water partition coefficient (Wildman–Crippen LogP) is 3.03. The van der Waals surface area contributed by atoms with Crippen LogP contribution in [0.5, 0.6) is 5.75 Å². The molecule has 4 rings (SSSR count). The van der Waals surface area contributed by atoms with Crippen LogP contribution in [0.3, 0.4) is 0 Å². The first-order valence-corrected chi connectivity index (χ1v) is 11.5. The highest BCUT2D eigenvalue weighted by molar-refractivity contribution is 7.13. The van der Waals surface area contributed by atoms with E-state index >= 15 is 0 Å². The topological polar surface area (TPSA) is 116 Å². The maximum Gasteiger partial charge on any atom is 0.264 e. The molecule has 168 valence electrons. The second-order valence-corrected chi connectivity index (χ2v) is 8.79. The normalized spacial score (nSPS) is 17.0. The third-order valence-corrected chi connectivity index (χ3v) is 6.70. The van der Waals surface area contributed by atoms with Gasteiger partial charge in [-0.3, -0.25) is 14.4 Å². The van der Waals surface area contributed by atoms with E-state index in [1.54, 1.807) is 19.1 Å². The second-order valence-electron chi connectivity index (χ2n) is 7.93. The van der Waals surface area contributed by atoms with Crippen LogP contribution < -0.4 is 15.9 Å². The number of fused-ring (bicyclic) bond motifs is 1. The van der Waals surface area contributed by atoms with Crippen molar-refractivity contribution in [2.75, 3.05) is 6.54 Å². The average molecular weight is 456 g/mol. The van der Waals surface area contributed by atoms with Gasteiger partial charge in [0.1, 0.15) is 28.6 Å². The molecule has 0 bridgehead atoms. The summed E-state index contributed by atoms with van der Waals surface area (Å²) in [4.78, 5) is 43.5. The zero-order valence-corrected chi connectivity index (χ0v) is 19.0. The third-order valence-electron chi connectivity index (χ3n) is 5.70. The number of carbonyl (C=O) groups excluding carboxylic acids is 2. The summed E-state index contributed by atoms with van der Waals surface area (Å²) in [5.74, 6) is -0.322. The molecule has 32 heavy (non-hydrogen) atoms. The van der Waals surface area contributed by atoms with Gasteiger partial charge in [0, 0.05) is 23.7 Å². The van der Waals surface area contributed by atoms with Gasteiger partial charge in [-0.2, -0.15) is 0 Å². The highest BCUT2D eigenvalue weighted by atomic mass is 32.1. The van der Waals surface area contributed by atoms with Crippen LogP contribution in [-0.4, -0.2) is 40.4 Å². The molecule has 8 nitrogen and oxygen atoms in total. The number of rotatable bonds is 6. The zero-order chi connectivity index (χ0) is 23.0. The lowest BCUT2D eigenvalue weighted by Crippen LogP contribution is -2.48. The summed E-state index contributed by atoms with van der Waals surface area (Å²) in [6, 6.07) is 2.80. The van der Waals surface area contributed by atoms with Gasteiger partial charge in [-0.1, -0.05) is 6.92 Å². The molecule has 3 heterocycles. The fraction of sp³-hybridized carbons (Fsp3) is 0.391. The molecule has 2 N–H and O–H groups in total. The van der Waals surface area contributed by atoms with Crippen LogP contribution >= 0.6 is 11.3 Å². The van der Waals surface area contributed by atoms with E-state index in [-0.39, 0.29) is 11.3 Å². The van der Waals surface area contributed by atoms with Crippen molar-refractivity contribution in [3.63, 3.8) is 0 Å². The monoisotopic (exact) mass is 455 g/mol. The highest BCUT2D eigenvalue weighted by Gasteiger charge is 2.35. The zero-order valence-electron chi connectivity index (χ0n) is 18.2. The van der Waals surface area contributed by atoms with E-state index < -0.39 is 18.1 Å². The Morgan fingerprint density at radius 2 is 2.19 bits per heavy atom. The van der Waals surface area contributed by atoms with Crippen molar-refractivity contribution in [1.82, 2.24) is 9.88 Å². The standard InChI is InChI=1S/C23H25N3O5S/c1-4-14-8-15-19(30-10-16(20(15)27)22-25-12(2)11-32-22)9-18(14)31-13(3)23(29)26-7-5-6-17(26)21(24)28/h8-11,13,17H,4-7H2,1-3H3,(H2,24,28)/t13-,17-/m1/s1. The lowest BCUT2D eigenvalue weighted by Gasteiger charge is -2.26. The number of amides is 2. The van der Waals surface area contributed by atoms with Crippen molar-refractivity contribution >= 4 is 34.1 Å². The van der Waals surface area contributed by atoms with Crippen LogP contribution in [0.15, 0.2) is 33.0 Å². The van der Waals surface area contributed by atoms with Gasteiger partial charge in [-0.25, -0.2) is 4.98 Å². The maximum absolute atomic E-state index is 13.1. The van der Waals surface area contributed by atoms with Crippen LogP contribution in [0.1, 0.15) is 37.9 Å². The van der Waals surface area contributed by atoms with Crippen molar-refractivity contribution in [1.29, 1.82) is 0 Å². The number of benzene rings is 1. The van der Waals surface area contributed by atoms with Crippen molar-refractivity contribution in [3.8, 4) is 16.3 Å². The number of likely N-dealkylation sites (tertiary alicyclic amines) is 1. The Kier molecular flexibility index (Phi) is 6.01. The second kappa shape index (κ2) is 8.74. The van der Waals surface area contributed by atoms with Crippen molar-refractivity contribution in [2.24, 2.45) is 5.73 Å². The minimum atomic E-state index is -0.818. The van der Waals surface area contributed by atoms with E-state index in [0.717, 1.165) is 17.7 Å².